The second-order valence-corrected chi connectivity index (χ2v) is 7.13. The first-order valence-electron chi connectivity index (χ1n) is 9.41. The minimum Gasteiger partial charge on any atom is -0.374 e. The Hall–Kier alpha value is -2.18. The Morgan fingerprint density at radius 1 is 1.15 bits per heavy atom. The van der Waals surface area contributed by atoms with Gasteiger partial charge in [0, 0.05) is 44.5 Å². The van der Waals surface area contributed by atoms with E-state index in [1.54, 1.807) is 0 Å². The summed E-state index contributed by atoms with van der Waals surface area (Å²) in [5, 5.41) is 4.36. The van der Waals surface area contributed by atoms with Gasteiger partial charge in [0.2, 0.25) is 5.91 Å². The van der Waals surface area contributed by atoms with E-state index in [4.69, 9.17) is 4.74 Å². The summed E-state index contributed by atoms with van der Waals surface area (Å²) in [7, 11) is 0. The molecule has 3 heterocycles. The van der Waals surface area contributed by atoms with Crippen molar-refractivity contribution in [2.45, 2.75) is 45.1 Å². The largest absolute Gasteiger partial charge is 0.374 e. The number of aromatic nitrogens is 2. The number of hydrogen-bond donors (Lipinski definition) is 0. The van der Waals surface area contributed by atoms with E-state index in [0.29, 0.717) is 19.6 Å². The molecule has 0 spiro atoms. The fraction of sp³-hybridized carbons (Fsp3) is 0.500. The van der Waals surface area contributed by atoms with Crippen LogP contribution in [-0.2, 0) is 29.2 Å². The van der Waals surface area contributed by atoms with Crippen molar-refractivity contribution in [3.8, 4) is 0 Å². The molecule has 138 valence electrons. The van der Waals surface area contributed by atoms with Gasteiger partial charge in [-0.1, -0.05) is 30.3 Å². The molecule has 2 fully saturated rings. The van der Waals surface area contributed by atoms with Gasteiger partial charge in [-0.15, -0.1) is 0 Å². The number of nitrogens with zero attached hydrogens (tertiary/aromatic N) is 4. The molecule has 1 aromatic carbocycles. The summed E-state index contributed by atoms with van der Waals surface area (Å²) in [5.74, 6) is 0.196. The number of aryl methyl sites for hydroxylation is 1. The zero-order valence-corrected chi connectivity index (χ0v) is 15.3. The van der Waals surface area contributed by atoms with Crippen molar-refractivity contribution in [3.05, 3.63) is 53.9 Å². The van der Waals surface area contributed by atoms with E-state index in [1.807, 2.05) is 34.0 Å². The average molecular weight is 354 g/mol. The molecule has 2 aliphatic heterocycles. The minimum atomic E-state index is 0.0892. The molecular weight excluding hydrogens is 328 g/mol. The summed E-state index contributed by atoms with van der Waals surface area (Å²) in [6.07, 6.45) is 4.60. The topological polar surface area (TPSA) is 50.6 Å². The maximum Gasteiger partial charge on any atom is 0.225 e. The van der Waals surface area contributed by atoms with Crippen molar-refractivity contribution in [2.75, 3.05) is 19.7 Å². The summed E-state index contributed by atoms with van der Waals surface area (Å²) in [6, 6.07) is 10.3. The van der Waals surface area contributed by atoms with Gasteiger partial charge in [0.15, 0.2) is 0 Å². The van der Waals surface area contributed by atoms with Crippen LogP contribution in [0, 0.1) is 0 Å². The molecule has 0 N–H and O–H groups in total. The number of fused-ring (bicyclic) bond motifs is 1. The summed E-state index contributed by atoms with van der Waals surface area (Å²) in [5.41, 5.74) is 2.38. The zero-order chi connectivity index (χ0) is 17.9. The summed E-state index contributed by atoms with van der Waals surface area (Å²) >= 11 is 0. The van der Waals surface area contributed by atoms with Crippen LogP contribution in [0.4, 0.5) is 0 Å². The summed E-state index contributed by atoms with van der Waals surface area (Å²) < 4.78 is 7.98. The van der Waals surface area contributed by atoms with E-state index in [2.05, 4.69) is 35.3 Å². The lowest BCUT2D eigenvalue weighted by molar-refractivity contribution is -0.133. The molecule has 0 radical (unpaired) electrons. The van der Waals surface area contributed by atoms with Crippen LogP contribution < -0.4 is 0 Å². The van der Waals surface area contributed by atoms with Crippen molar-refractivity contribution in [1.29, 1.82) is 0 Å². The van der Waals surface area contributed by atoms with Gasteiger partial charge in [-0.25, -0.2) is 0 Å². The van der Waals surface area contributed by atoms with Gasteiger partial charge in [-0.05, 0) is 12.5 Å². The van der Waals surface area contributed by atoms with E-state index in [1.165, 1.54) is 11.1 Å². The molecule has 6 heteroatoms. The molecule has 2 atom stereocenters. The maximum atomic E-state index is 12.7. The number of carbonyl (C=O) groups excluding carboxylic acids is 1. The lowest BCUT2D eigenvalue weighted by Crippen LogP contribution is -2.45. The third kappa shape index (κ3) is 3.66. The molecule has 6 nitrogen and oxygen atoms in total. The third-order valence-corrected chi connectivity index (χ3v) is 5.29. The Morgan fingerprint density at radius 2 is 2.00 bits per heavy atom. The summed E-state index contributed by atoms with van der Waals surface area (Å²) in [4.78, 5) is 17.1. The molecule has 1 amide bonds. The number of benzene rings is 1. The highest BCUT2D eigenvalue weighted by Gasteiger charge is 2.41. The molecule has 2 aliphatic rings. The molecule has 0 unspecified atom stereocenters. The van der Waals surface area contributed by atoms with Crippen molar-refractivity contribution < 1.29 is 9.53 Å². The molecule has 2 saturated heterocycles. The Bertz CT molecular complexity index is 745. The van der Waals surface area contributed by atoms with Gasteiger partial charge in [-0.2, -0.15) is 5.10 Å². The molecule has 2 aromatic rings. The molecule has 0 bridgehead atoms. The molecular formula is C20H26N4O2. The fourth-order valence-electron chi connectivity index (χ4n) is 3.96. The Morgan fingerprint density at radius 3 is 2.77 bits per heavy atom. The second kappa shape index (κ2) is 7.60. The smallest absolute Gasteiger partial charge is 0.225 e. The molecule has 4 rings (SSSR count). The average Bonchev–Trinajstić information content (AvgIpc) is 3.24. The van der Waals surface area contributed by atoms with Crippen LogP contribution in [-0.4, -0.2) is 57.3 Å². The predicted octanol–water partition coefficient (Wildman–Crippen LogP) is 1.90. The molecule has 0 aliphatic carbocycles. The van der Waals surface area contributed by atoms with Crippen molar-refractivity contribution >= 4 is 5.91 Å². The Labute approximate surface area is 154 Å². The van der Waals surface area contributed by atoms with Gasteiger partial charge in [0.05, 0.1) is 31.4 Å². The van der Waals surface area contributed by atoms with Crippen LogP contribution in [0.5, 0.6) is 0 Å². The van der Waals surface area contributed by atoms with Gasteiger partial charge < -0.3 is 9.64 Å². The fourth-order valence-corrected chi connectivity index (χ4v) is 3.96. The lowest BCUT2D eigenvalue weighted by Gasteiger charge is -2.30. The van der Waals surface area contributed by atoms with Gasteiger partial charge >= 0.3 is 0 Å². The minimum absolute atomic E-state index is 0.0892. The standard InChI is InChI=1S/C20H26N4O2/c1-2-23-12-17(10-21-23)11-22-14-18-19(15-22)26-9-8-20(25)24(18)13-16-6-4-3-5-7-16/h3-7,10,12,18-19H,2,8-9,11,13-15H2,1H3/t18-,19-/m0/s1. The highest BCUT2D eigenvalue weighted by atomic mass is 16.5. The Balaban J connectivity index is 1.48. The molecule has 0 saturated carbocycles. The van der Waals surface area contributed by atoms with Crippen LogP contribution in [0.15, 0.2) is 42.7 Å². The molecule has 1 aromatic heterocycles. The number of rotatable bonds is 5. The van der Waals surface area contributed by atoms with Crippen molar-refractivity contribution in [1.82, 2.24) is 19.6 Å². The van der Waals surface area contributed by atoms with Crippen LogP contribution >= 0.6 is 0 Å². The van der Waals surface area contributed by atoms with E-state index in [0.717, 1.165) is 26.2 Å². The monoisotopic (exact) mass is 354 g/mol. The third-order valence-electron chi connectivity index (χ3n) is 5.29. The number of hydrogen-bond acceptors (Lipinski definition) is 4. The number of amides is 1. The predicted molar refractivity (Wildman–Crippen MR) is 98.3 cm³/mol. The maximum absolute atomic E-state index is 12.7. The van der Waals surface area contributed by atoms with Crippen molar-refractivity contribution in [2.24, 2.45) is 0 Å². The first-order valence-corrected chi connectivity index (χ1v) is 9.41. The number of likely N-dealkylation sites (tertiary alicyclic amines) is 1. The first kappa shape index (κ1) is 17.2. The second-order valence-electron chi connectivity index (χ2n) is 7.13. The van der Waals surface area contributed by atoms with Gasteiger partial charge in [0.25, 0.3) is 0 Å². The van der Waals surface area contributed by atoms with Crippen LogP contribution in [0.3, 0.4) is 0 Å². The van der Waals surface area contributed by atoms with Gasteiger partial charge in [-0.3, -0.25) is 14.4 Å². The highest BCUT2D eigenvalue weighted by molar-refractivity contribution is 5.77. The van der Waals surface area contributed by atoms with Crippen LogP contribution in [0.2, 0.25) is 0 Å². The zero-order valence-electron chi connectivity index (χ0n) is 15.3. The first-order chi connectivity index (χ1) is 12.7. The SMILES string of the molecule is CCn1cc(CN2C[C@@H]3OCCC(=O)N(Cc4ccccc4)[C@H]3C2)cn1. The van der Waals surface area contributed by atoms with Crippen molar-refractivity contribution in [3.63, 3.8) is 0 Å². The summed E-state index contributed by atoms with van der Waals surface area (Å²) in [6.45, 7) is 6.71. The van der Waals surface area contributed by atoms with E-state index in [-0.39, 0.29) is 18.1 Å². The van der Waals surface area contributed by atoms with Crippen LogP contribution in [0.25, 0.3) is 0 Å². The Kier molecular flexibility index (Phi) is 5.04. The van der Waals surface area contributed by atoms with E-state index >= 15 is 0 Å². The molecule has 26 heavy (non-hydrogen) atoms. The number of carbonyl (C=O) groups is 1. The number of ether oxygens (including phenoxy) is 1. The lowest BCUT2D eigenvalue weighted by atomic mass is 10.1. The van der Waals surface area contributed by atoms with E-state index in [9.17, 15) is 4.79 Å². The highest BCUT2D eigenvalue weighted by Crippen LogP contribution is 2.26. The van der Waals surface area contributed by atoms with Crippen LogP contribution in [0.1, 0.15) is 24.5 Å². The van der Waals surface area contributed by atoms with Gasteiger partial charge in [0.1, 0.15) is 0 Å². The quantitative estimate of drug-likeness (QED) is 0.823. The normalized spacial score (nSPS) is 23.9. The van der Waals surface area contributed by atoms with E-state index < -0.39 is 0 Å².